The van der Waals surface area contributed by atoms with E-state index in [-0.39, 0.29) is 5.78 Å². The van der Waals surface area contributed by atoms with Crippen molar-refractivity contribution in [3.8, 4) is 11.8 Å². The third-order valence-corrected chi connectivity index (χ3v) is 3.99. The molecule has 0 atom stereocenters. The maximum absolute atomic E-state index is 12.1. The molecule has 0 unspecified atom stereocenters. The molecule has 0 bridgehead atoms. The van der Waals surface area contributed by atoms with E-state index in [2.05, 4.69) is 42.8 Å². The Labute approximate surface area is 131 Å². The van der Waals surface area contributed by atoms with Gasteiger partial charge in [-0.2, -0.15) is 0 Å². The number of nitrogens with zero attached hydrogens (tertiary/aromatic N) is 1. The first-order valence-corrected chi connectivity index (χ1v) is 7.82. The zero-order chi connectivity index (χ0) is 15.5. The zero-order valence-electron chi connectivity index (χ0n) is 13.1. The number of fused-ring (bicyclic) bond motifs is 1. The third kappa shape index (κ3) is 2.94. The van der Waals surface area contributed by atoms with Gasteiger partial charge in [-0.15, -0.1) is 0 Å². The predicted molar refractivity (Wildman–Crippen MR) is 88.0 cm³/mol. The van der Waals surface area contributed by atoms with Crippen molar-refractivity contribution in [1.29, 1.82) is 0 Å². The number of aromatic nitrogens is 1. The number of ketones is 1. The highest BCUT2D eigenvalue weighted by Crippen LogP contribution is 2.22. The average Bonchev–Trinajstić information content (AvgIpc) is 2.53. The summed E-state index contributed by atoms with van der Waals surface area (Å²) in [4.78, 5) is 16.8. The number of carbonyl (C=O) groups is 1. The second kappa shape index (κ2) is 6.15. The molecule has 0 aliphatic heterocycles. The Kier molecular flexibility index (Phi) is 4.06. The van der Waals surface area contributed by atoms with Crippen LogP contribution in [0.15, 0.2) is 30.3 Å². The van der Waals surface area contributed by atoms with Crippen LogP contribution in [0.1, 0.15) is 58.2 Å². The van der Waals surface area contributed by atoms with E-state index in [1.165, 1.54) is 5.56 Å². The quantitative estimate of drug-likeness (QED) is 0.746. The van der Waals surface area contributed by atoms with E-state index in [4.69, 9.17) is 0 Å². The molecule has 2 heteroatoms. The summed E-state index contributed by atoms with van der Waals surface area (Å²) in [5.74, 6) is 6.61. The molecule has 1 aromatic heterocycles. The minimum absolute atomic E-state index is 0.204. The molecule has 3 rings (SSSR count). The van der Waals surface area contributed by atoms with Gasteiger partial charge in [0.05, 0.1) is 11.4 Å². The molecule has 2 aromatic rings. The number of carbonyl (C=O) groups excluding carboxylic acids is 1. The van der Waals surface area contributed by atoms with Gasteiger partial charge in [0.25, 0.3) is 0 Å². The van der Waals surface area contributed by atoms with Crippen molar-refractivity contribution in [1.82, 2.24) is 4.98 Å². The van der Waals surface area contributed by atoms with E-state index < -0.39 is 0 Å². The van der Waals surface area contributed by atoms with Gasteiger partial charge in [-0.3, -0.25) is 9.78 Å². The third-order valence-electron chi connectivity index (χ3n) is 3.99. The lowest BCUT2D eigenvalue weighted by Crippen LogP contribution is -2.14. The zero-order valence-corrected chi connectivity index (χ0v) is 13.1. The fourth-order valence-electron chi connectivity index (χ4n) is 2.82. The van der Waals surface area contributed by atoms with Crippen molar-refractivity contribution in [2.75, 3.05) is 0 Å². The van der Waals surface area contributed by atoms with E-state index >= 15 is 0 Å². The van der Waals surface area contributed by atoms with Crippen molar-refractivity contribution in [2.24, 2.45) is 0 Å². The maximum atomic E-state index is 12.1. The van der Waals surface area contributed by atoms with Gasteiger partial charge in [-0.1, -0.05) is 30.9 Å². The molecule has 1 heterocycles. The number of pyridine rings is 1. The number of Topliss-reactive ketones (excluding diaryl/α,β-unsaturated/α-hetero) is 1. The van der Waals surface area contributed by atoms with Gasteiger partial charge in [-0.05, 0) is 49.9 Å². The van der Waals surface area contributed by atoms with Gasteiger partial charge in [-0.25, -0.2) is 0 Å². The van der Waals surface area contributed by atoms with Crippen LogP contribution in [0.5, 0.6) is 0 Å². The number of hydrogen-bond acceptors (Lipinski definition) is 2. The molecule has 0 spiro atoms. The first-order chi connectivity index (χ1) is 10.7. The molecule has 0 fully saturated rings. The van der Waals surface area contributed by atoms with Crippen molar-refractivity contribution >= 4 is 5.78 Å². The summed E-state index contributed by atoms with van der Waals surface area (Å²) in [7, 11) is 0. The number of hydrogen-bond donors (Lipinski definition) is 0. The molecule has 110 valence electrons. The van der Waals surface area contributed by atoms with Crippen LogP contribution in [0, 0.1) is 18.8 Å². The van der Waals surface area contributed by atoms with E-state index in [9.17, 15) is 4.79 Å². The Morgan fingerprint density at radius 3 is 2.82 bits per heavy atom. The highest BCUT2D eigenvalue weighted by atomic mass is 16.1. The van der Waals surface area contributed by atoms with E-state index in [0.29, 0.717) is 6.42 Å². The van der Waals surface area contributed by atoms with Crippen molar-refractivity contribution in [3.63, 3.8) is 0 Å². The smallest absolute Gasteiger partial charge is 0.164 e. The van der Waals surface area contributed by atoms with E-state index in [0.717, 1.165) is 47.3 Å². The SMILES string of the molecule is CCc1nc2c(cc1C#Cc1cccc(C)c1)C(=O)CCC2. The van der Waals surface area contributed by atoms with Crippen LogP contribution in [0.2, 0.25) is 0 Å². The second-order valence-electron chi connectivity index (χ2n) is 5.73. The highest BCUT2D eigenvalue weighted by Gasteiger charge is 2.20. The molecule has 2 nitrogen and oxygen atoms in total. The summed E-state index contributed by atoms with van der Waals surface area (Å²) in [5.41, 5.74) is 5.80. The molecule has 1 aromatic carbocycles. The minimum atomic E-state index is 0.204. The van der Waals surface area contributed by atoms with E-state index in [1.807, 2.05) is 18.2 Å². The fourth-order valence-corrected chi connectivity index (χ4v) is 2.82. The Balaban J connectivity index is 2.03. The Bertz CT molecular complexity index is 793. The first kappa shape index (κ1) is 14.5. The van der Waals surface area contributed by atoms with Crippen LogP contribution in [0.25, 0.3) is 0 Å². The summed E-state index contributed by atoms with van der Waals surface area (Å²) >= 11 is 0. The molecular formula is C20H19NO. The van der Waals surface area contributed by atoms with Crippen LogP contribution in [-0.4, -0.2) is 10.8 Å². The lowest BCUT2D eigenvalue weighted by Gasteiger charge is -2.15. The number of aryl methyl sites for hydroxylation is 3. The lowest BCUT2D eigenvalue weighted by atomic mass is 9.92. The average molecular weight is 289 g/mol. The Morgan fingerprint density at radius 1 is 1.18 bits per heavy atom. The molecule has 0 saturated heterocycles. The predicted octanol–water partition coefficient (Wildman–Crippen LogP) is 3.87. The maximum Gasteiger partial charge on any atom is 0.164 e. The van der Waals surface area contributed by atoms with Crippen LogP contribution >= 0.6 is 0 Å². The standard InChI is InChI=1S/C20H19NO/c1-3-18-16(11-10-15-7-4-6-14(2)12-15)13-17-19(21-18)8-5-9-20(17)22/h4,6-7,12-13H,3,5,8-9H2,1-2H3. The van der Waals surface area contributed by atoms with Gasteiger partial charge >= 0.3 is 0 Å². The van der Waals surface area contributed by atoms with Crippen molar-refractivity contribution in [3.05, 3.63) is 64.0 Å². The normalized spacial score (nSPS) is 13.3. The van der Waals surface area contributed by atoms with Crippen molar-refractivity contribution in [2.45, 2.75) is 39.5 Å². The van der Waals surface area contributed by atoms with Crippen molar-refractivity contribution < 1.29 is 4.79 Å². The summed E-state index contributed by atoms with van der Waals surface area (Å²) in [6, 6.07) is 10.1. The van der Waals surface area contributed by atoms with Gasteiger partial charge in [0, 0.05) is 23.1 Å². The molecule has 1 aliphatic carbocycles. The topological polar surface area (TPSA) is 30.0 Å². The largest absolute Gasteiger partial charge is 0.294 e. The van der Waals surface area contributed by atoms with Gasteiger partial charge < -0.3 is 0 Å². The van der Waals surface area contributed by atoms with Crippen LogP contribution in [0.4, 0.5) is 0 Å². The summed E-state index contributed by atoms with van der Waals surface area (Å²) < 4.78 is 0. The Hall–Kier alpha value is -2.40. The number of benzene rings is 1. The molecule has 0 N–H and O–H groups in total. The molecular weight excluding hydrogens is 270 g/mol. The van der Waals surface area contributed by atoms with Crippen LogP contribution < -0.4 is 0 Å². The summed E-state index contributed by atoms with van der Waals surface area (Å²) in [5, 5.41) is 0. The second-order valence-corrected chi connectivity index (χ2v) is 5.73. The first-order valence-electron chi connectivity index (χ1n) is 7.82. The Morgan fingerprint density at radius 2 is 2.05 bits per heavy atom. The van der Waals surface area contributed by atoms with Gasteiger partial charge in [0.15, 0.2) is 5.78 Å². The minimum Gasteiger partial charge on any atom is -0.294 e. The molecule has 0 saturated carbocycles. The number of rotatable bonds is 1. The van der Waals surface area contributed by atoms with Crippen LogP contribution in [0.3, 0.4) is 0 Å². The highest BCUT2D eigenvalue weighted by molar-refractivity contribution is 5.98. The molecule has 22 heavy (non-hydrogen) atoms. The van der Waals surface area contributed by atoms with E-state index in [1.54, 1.807) is 0 Å². The summed E-state index contributed by atoms with van der Waals surface area (Å²) in [6.07, 6.45) is 3.28. The van der Waals surface area contributed by atoms with Crippen LogP contribution in [-0.2, 0) is 12.8 Å². The van der Waals surface area contributed by atoms with Gasteiger partial charge in [0.1, 0.15) is 0 Å². The monoisotopic (exact) mass is 289 g/mol. The molecule has 1 aliphatic rings. The molecule has 0 radical (unpaired) electrons. The molecule has 0 amide bonds. The lowest BCUT2D eigenvalue weighted by molar-refractivity contribution is 0.0971. The fraction of sp³-hybridized carbons (Fsp3) is 0.300. The summed E-state index contributed by atoms with van der Waals surface area (Å²) in [6.45, 7) is 4.14. The van der Waals surface area contributed by atoms with Gasteiger partial charge in [0.2, 0.25) is 0 Å².